The molecule has 8 heteroatoms. The third-order valence-electron chi connectivity index (χ3n) is 4.14. The number of benzene rings is 1. The number of carbonyl (C=O) groups excluding carboxylic acids is 3. The fourth-order valence-electron chi connectivity index (χ4n) is 3.14. The van der Waals surface area contributed by atoms with Gasteiger partial charge in [-0.15, -0.1) is 0 Å². The summed E-state index contributed by atoms with van der Waals surface area (Å²) in [5.74, 6) is -2.97. The first-order valence-corrected chi connectivity index (χ1v) is 6.57. The molecule has 1 atom stereocenters. The van der Waals surface area contributed by atoms with Crippen LogP contribution in [0.5, 0.6) is 0 Å². The standard InChI is InChI=1S/C14H7ClN4O3/c15-8-4-2-1-3-7(8)9-13(5-16,6-17)14(9)10(20)18-12(22)19-11(14)21/h1-4,9H,(H2,18,19,20,21,22). The quantitative estimate of drug-likeness (QED) is 0.743. The van der Waals surface area contributed by atoms with Crippen LogP contribution in [-0.2, 0) is 9.59 Å². The zero-order valence-electron chi connectivity index (χ0n) is 10.9. The highest BCUT2D eigenvalue weighted by Crippen LogP contribution is 2.75. The summed E-state index contributed by atoms with van der Waals surface area (Å²) in [6.45, 7) is 0. The van der Waals surface area contributed by atoms with E-state index in [2.05, 4.69) is 0 Å². The maximum Gasteiger partial charge on any atom is 0.328 e. The Labute approximate surface area is 129 Å². The molecule has 1 saturated heterocycles. The molecule has 4 amide bonds. The van der Waals surface area contributed by atoms with Gasteiger partial charge in [-0.1, -0.05) is 29.8 Å². The molecular formula is C14H7ClN4O3. The van der Waals surface area contributed by atoms with E-state index in [1.807, 2.05) is 10.6 Å². The van der Waals surface area contributed by atoms with Gasteiger partial charge in [-0.3, -0.25) is 20.2 Å². The van der Waals surface area contributed by atoms with Gasteiger partial charge in [-0.2, -0.15) is 10.5 Å². The summed E-state index contributed by atoms with van der Waals surface area (Å²) in [6.07, 6.45) is 0. The van der Waals surface area contributed by atoms with E-state index >= 15 is 0 Å². The Morgan fingerprint density at radius 2 is 1.59 bits per heavy atom. The third-order valence-corrected chi connectivity index (χ3v) is 4.49. The van der Waals surface area contributed by atoms with Gasteiger partial charge in [0, 0.05) is 10.9 Å². The number of hydrogen-bond donors (Lipinski definition) is 2. The zero-order valence-corrected chi connectivity index (χ0v) is 11.6. The van der Waals surface area contributed by atoms with Gasteiger partial charge in [-0.05, 0) is 11.6 Å². The van der Waals surface area contributed by atoms with Crippen molar-refractivity contribution in [2.24, 2.45) is 10.8 Å². The molecule has 1 unspecified atom stereocenters. The van der Waals surface area contributed by atoms with Gasteiger partial charge in [0.15, 0.2) is 10.8 Å². The molecule has 0 radical (unpaired) electrons. The van der Waals surface area contributed by atoms with E-state index in [4.69, 9.17) is 11.6 Å². The maximum atomic E-state index is 12.3. The molecular weight excluding hydrogens is 308 g/mol. The number of urea groups is 1. The molecule has 1 aromatic carbocycles. The molecule has 1 aliphatic carbocycles. The van der Waals surface area contributed by atoms with Gasteiger partial charge >= 0.3 is 6.03 Å². The van der Waals surface area contributed by atoms with Gasteiger partial charge in [0.2, 0.25) is 11.8 Å². The molecule has 1 heterocycles. The van der Waals surface area contributed by atoms with E-state index in [0.717, 1.165) is 0 Å². The Kier molecular flexibility index (Phi) is 2.74. The fraction of sp³-hybridized carbons (Fsp3) is 0.214. The van der Waals surface area contributed by atoms with Crippen molar-refractivity contribution in [3.05, 3.63) is 34.9 Å². The fourth-order valence-corrected chi connectivity index (χ4v) is 3.38. The number of amides is 4. The predicted molar refractivity (Wildman–Crippen MR) is 72.0 cm³/mol. The van der Waals surface area contributed by atoms with Gasteiger partial charge in [0.05, 0.1) is 12.1 Å². The lowest BCUT2D eigenvalue weighted by atomic mass is 9.91. The van der Waals surface area contributed by atoms with Crippen LogP contribution in [0.15, 0.2) is 24.3 Å². The Hall–Kier alpha value is -2.90. The average Bonchev–Trinajstić information content (AvgIpc) is 3.10. The average molecular weight is 315 g/mol. The Morgan fingerprint density at radius 3 is 2.09 bits per heavy atom. The summed E-state index contributed by atoms with van der Waals surface area (Å²) in [5, 5.41) is 23.0. The monoisotopic (exact) mass is 314 g/mol. The topological polar surface area (TPSA) is 123 Å². The molecule has 0 bridgehead atoms. The number of carbonyl (C=O) groups is 3. The Bertz CT molecular complexity index is 786. The number of nitriles is 2. The third kappa shape index (κ3) is 1.36. The van der Waals surface area contributed by atoms with E-state index in [0.29, 0.717) is 5.56 Å². The molecule has 1 saturated carbocycles. The lowest BCUT2D eigenvalue weighted by molar-refractivity contribution is -0.139. The number of hydrogen-bond acceptors (Lipinski definition) is 5. The van der Waals surface area contributed by atoms with Crippen LogP contribution in [0.4, 0.5) is 4.79 Å². The van der Waals surface area contributed by atoms with E-state index in [1.54, 1.807) is 30.3 Å². The largest absolute Gasteiger partial charge is 0.328 e. The first kappa shape index (κ1) is 14.1. The highest BCUT2D eigenvalue weighted by atomic mass is 35.5. The summed E-state index contributed by atoms with van der Waals surface area (Å²) in [4.78, 5) is 35.8. The minimum atomic E-state index is -1.98. The predicted octanol–water partition coefficient (Wildman–Crippen LogP) is 0.823. The number of halogens is 1. The minimum Gasteiger partial charge on any atom is -0.277 e. The molecule has 2 N–H and O–H groups in total. The number of nitrogens with zero attached hydrogens (tertiary/aromatic N) is 2. The van der Waals surface area contributed by atoms with Gasteiger partial charge in [-0.25, -0.2) is 4.79 Å². The van der Waals surface area contributed by atoms with Gasteiger partial charge < -0.3 is 0 Å². The zero-order chi connectivity index (χ0) is 16.1. The van der Waals surface area contributed by atoms with Crippen molar-refractivity contribution in [2.75, 3.05) is 0 Å². The highest BCUT2D eigenvalue weighted by molar-refractivity contribution is 6.32. The number of barbiturate groups is 1. The first-order valence-electron chi connectivity index (χ1n) is 6.19. The van der Waals surface area contributed by atoms with Crippen molar-refractivity contribution in [3.63, 3.8) is 0 Å². The number of nitrogens with one attached hydrogen (secondary N) is 2. The smallest absolute Gasteiger partial charge is 0.277 e. The molecule has 1 aromatic rings. The SMILES string of the molecule is N#CC1(C#N)C(c2ccccc2Cl)C12C(=O)NC(=O)NC2=O. The summed E-state index contributed by atoms with van der Waals surface area (Å²) < 4.78 is 0. The maximum absolute atomic E-state index is 12.3. The van der Waals surface area contributed by atoms with Crippen LogP contribution in [0.3, 0.4) is 0 Å². The van der Waals surface area contributed by atoms with E-state index in [1.165, 1.54) is 6.07 Å². The highest BCUT2D eigenvalue weighted by Gasteiger charge is 2.88. The van der Waals surface area contributed by atoms with Crippen molar-refractivity contribution in [1.82, 2.24) is 10.6 Å². The molecule has 22 heavy (non-hydrogen) atoms. The lowest BCUT2D eigenvalue weighted by Gasteiger charge is -2.21. The minimum absolute atomic E-state index is 0.233. The van der Waals surface area contributed by atoms with Crippen molar-refractivity contribution in [1.29, 1.82) is 10.5 Å². The second-order valence-electron chi connectivity index (χ2n) is 5.03. The summed E-state index contributed by atoms with van der Waals surface area (Å²) in [7, 11) is 0. The second-order valence-corrected chi connectivity index (χ2v) is 5.44. The molecule has 3 rings (SSSR count). The lowest BCUT2D eigenvalue weighted by Crippen LogP contribution is -2.59. The van der Waals surface area contributed by atoms with Gasteiger partial charge in [0.25, 0.3) is 0 Å². The van der Waals surface area contributed by atoms with E-state index < -0.39 is 34.6 Å². The molecule has 1 aliphatic heterocycles. The molecule has 7 nitrogen and oxygen atoms in total. The van der Waals surface area contributed by atoms with Crippen LogP contribution in [0.25, 0.3) is 0 Å². The molecule has 2 fully saturated rings. The number of rotatable bonds is 1. The van der Waals surface area contributed by atoms with Crippen LogP contribution < -0.4 is 10.6 Å². The summed E-state index contributed by atoms with van der Waals surface area (Å²) in [5.41, 5.74) is -3.55. The van der Waals surface area contributed by atoms with Crippen molar-refractivity contribution in [3.8, 4) is 12.1 Å². The Morgan fingerprint density at radius 1 is 1.05 bits per heavy atom. The summed E-state index contributed by atoms with van der Waals surface area (Å²) in [6, 6.07) is 8.89. The van der Waals surface area contributed by atoms with Crippen LogP contribution >= 0.6 is 11.6 Å². The van der Waals surface area contributed by atoms with Crippen LogP contribution in [0.2, 0.25) is 5.02 Å². The first-order chi connectivity index (χ1) is 10.5. The van der Waals surface area contributed by atoms with Crippen molar-refractivity contribution < 1.29 is 14.4 Å². The van der Waals surface area contributed by atoms with Crippen LogP contribution in [0.1, 0.15) is 11.5 Å². The van der Waals surface area contributed by atoms with E-state index in [9.17, 15) is 24.9 Å². The normalized spacial score (nSPS) is 24.0. The molecule has 2 aliphatic rings. The van der Waals surface area contributed by atoms with Gasteiger partial charge in [0.1, 0.15) is 0 Å². The molecule has 1 spiro atoms. The Balaban J connectivity index is 2.24. The number of imide groups is 2. The van der Waals surface area contributed by atoms with Crippen LogP contribution in [0, 0.1) is 33.5 Å². The van der Waals surface area contributed by atoms with Crippen LogP contribution in [-0.4, -0.2) is 17.8 Å². The molecule has 108 valence electrons. The van der Waals surface area contributed by atoms with Crippen molar-refractivity contribution in [2.45, 2.75) is 5.92 Å². The van der Waals surface area contributed by atoms with Crippen molar-refractivity contribution >= 4 is 29.4 Å². The second kappa shape index (κ2) is 4.30. The van der Waals surface area contributed by atoms with E-state index in [-0.39, 0.29) is 5.02 Å². The summed E-state index contributed by atoms with van der Waals surface area (Å²) >= 11 is 6.08. The molecule has 0 aromatic heterocycles.